The van der Waals surface area contributed by atoms with Crippen molar-refractivity contribution in [1.29, 1.82) is 0 Å². The normalized spacial score (nSPS) is 9.88. The zero-order valence-corrected chi connectivity index (χ0v) is 11.2. The van der Waals surface area contributed by atoms with Crippen LogP contribution in [0.3, 0.4) is 0 Å². The van der Waals surface area contributed by atoms with E-state index in [4.69, 9.17) is 0 Å². The number of pyridine rings is 1. The first kappa shape index (κ1) is 12.7. The lowest BCUT2D eigenvalue weighted by Gasteiger charge is -2.06. The van der Waals surface area contributed by atoms with Gasteiger partial charge in [-0.3, -0.25) is 4.98 Å². The smallest absolute Gasteiger partial charge is 0.0710 e. The Hall–Kier alpha value is -1.37. The van der Waals surface area contributed by atoms with Crippen molar-refractivity contribution >= 4 is 10.9 Å². The average Bonchev–Trinajstić information content (AvgIpc) is 2.24. The lowest BCUT2D eigenvalue weighted by molar-refractivity contribution is 1.22. The molecule has 1 nitrogen and oxygen atoms in total. The maximum atomic E-state index is 4.54. The lowest BCUT2D eigenvalue weighted by atomic mass is 10.0. The highest BCUT2D eigenvalue weighted by Crippen LogP contribution is 2.21. The number of hydrogen-bond donors (Lipinski definition) is 0. The van der Waals surface area contributed by atoms with Crippen molar-refractivity contribution in [3.63, 3.8) is 0 Å². The molecule has 0 atom stereocenters. The van der Waals surface area contributed by atoms with Crippen LogP contribution in [0.5, 0.6) is 0 Å². The van der Waals surface area contributed by atoms with Crippen LogP contribution in [-0.4, -0.2) is 4.98 Å². The van der Waals surface area contributed by atoms with Crippen molar-refractivity contribution in [1.82, 2.24) is 4.98 Å². The van der Waals surface area contributed by atoms with Gasteiger partial charge in [0.05, 0.1) is 5.52 Å². The summed E-state index contributed by atoms with van der Waals surface area (Å²) in [5.41, 5.74) is 6.18. The monoisotopic (exact) mass is 215 g/mol. The average molecular weight is 215 g/mol. The minimum Gasteiger partial charge on any atom is -0.253 e. The zero-order chi connectivity index (χ0) is 12.3. The van der Waals surface area contributed by atoms with E-state index < -0.39 is 0 Å². The van der Waals surface area contributed by atoms with Gasteiger partial charge in [0.2, 0.25) is 0 Å². The number of nitrogens with zero attached hydrogens (tertiary/aromatic N) is 1. The Morgan fingerprint density at radius 3 is 1.94 bits per heavy atom. The first-order valence-corrected chi connectivity index (χ1v) is 5.93. The number of benzene rings is 1. The summed E-state index contributed by atoms with van der Waals surface area (Å²) < 4.78 is 0. The third kappa shape index (κ3) is 2.41. The summed E-state index contributed by atoms with van der Waals surface area (Å²) in [5, 5.41) is 1.28. The van der Waals surface area contributed by atoms with Gasteiger partial charge >= 0.3 is 0 Å². The van der Waals surface area contributed by atoms with Crippen molar-refractivity contribution in [2.75, 3.05) is 0 Å². The Bertz CT molecular complexity index is 498. The summed E-state index contributed by atoms with van der Waals surface area (Å²) >= 11 is 0. The Labute approximate surface area is 98.5 Å². The SMILES string of the molecule is CC.Cc1cc(C)c2cc(C)c(C)cc2n1. The van der Waals surface area contributed by atoms with E-state index in [2.05, 4.69) is 44.0 Å². The van der Waals surface area contributed by atoms with E-state index in [-0.39, 0.29) is 0 Å². The van der Waals surface area contributed by atoms with E-state index in [1.807, 2.05) is 20.8 Å². The molecule has 1 heterocycles. The first-order valence-electron chi connectivity index (χ1n) is 5.93. The number of fused-ring (bicyclic) bond motifs is 1. The molecule has 0 radical (unpaired) electrons. The molecule has 2 rings (SSSR count). The molecule has 2 aromatic rings. The van der Waals surface area contributed by atoms with E-state index in [1.54, 1.807) is 0 Å². The largest absolute Gasteiger partial charge is 0.253 e. The highest BCUT2D eigenvalue weighted by atomic mass is 14.7. The second-order valence-electron chi connectivity index (χ2n) is 4.03. The van der Waals surface area contributed by atoms with Crippen LogP contribution in [0.2, 0.25) is 0 Å². The van der Waals surface area contributed by atoms with Crippen LogP contribution in [0, 0.1) is 27.7 Å². The minimum atomic E-state index is 1.10. The standard InChI is InChI=1S/C13H15N.C2H6/c1-8-6-12-10(3)5-11(4)14-13(12)7-9(8)2;1-2/h5-7H,1-4H3;1-2H3. The number of rotatable bonds is 0. The van der Waals surface area contributed by atoms with Gasteiger partial charge in [0.15, 0.2) is 0 Å². The number of hydrogen-bond acceptors (Lipinski definition) is 1. The lowest BCUT2D eigenvalue weighted by Crippen LogP contribution is -1.90. The van der Waals surface area contributed by atoms with Crippen molar-refractivity contribution in [3.05, 3.63) is 40.6 Å². The molecule has 0 aliphatic rings. The molecule has 0 N–H and O–H groups in total. The molecular formula is C15H21N. The van der Waals surface area contributed by atoms with Crippen LogP contribution < -0.4 is 0 Å². The van der Waals surface area contributed by atoms with Crippen LogP contribution in [0.4, 0.5) is 0 Å². The number of aromatic nitrogens is 1. The van der Waals surface area contributed by atoms with Crippen molar-refractivity contribution < 1.29 is 0 Å². The molecule has 86 valence electrons. The van der Waals surface area contributed by atoms with Crippen molar-refractivity contribution in [2.45, 2.75) is 41.5 Å². The van der Waals surface area contributed by atoms with Crippen LogP contribution in [-0.2, 0) is 0 Å². The Balaban J connectivity index is 0.000000606. The molecule has 1 heteroatoms. The Kier molecular flexibility index (Phi) is 4.05. The molecule has 1 aromatic carbocycles. The quantitative estimate of drug-likeness (QED) is 0.630. The third-order valence-electron chi connectivity index (χ3n) is 2.76. The molecule has 0 fully saturated rings. The van der Waals surface area contributed by atoms with Gasteiger partial charge < -0.3 is 0 Å². The van der Waals surface area contributed by atoms with Gasteiger partial charge in [0.25, 0.3) is 0 Å². The van der Waals surface area contributed by atoms with Gasteiger partial charge in [-0.1, -0.05) is 13.8 Å². The Morgan fingerprint density at radius 2 is 1.31 bits per heavy atom. The predicted molar refractivity (Wildman–Crippen MR) is 72.0 cm³/mol. The van der Waals surface area contributed by atoms with E-state index in [0.717, 1.165) is 11.2 Å². The van der Waals surface area contributed by atoms with Crippen LogP contribution in [0.25, 0.3) is 10.9 Å². The fourth-order valence-electron chi connectivity index (χ4n) is 1.82. The van der Waals surface area contributed by atoms with E-state index in [0.29, 0.717) is 0 Å². The molecule has 0 aliphatic carbocycles. The van der Waals surface area contributed by atoms with Crippen molar-refractivity contribution in [2.24, 2.45) is 0 Å². The first-order chi connectivity index (χ1) is 7.58. The van der Waals surface area contributed by atoms with E-state index in [1.165, 1.54) is 22.1 Å². The maximum Gasteiger partial charge on any atom is 0.0710 e. The molecule has 0 unspecified atom stereocenters. The predicted octanol–water partition coefficient (Wildman–Crippen LogP) is 4.49. The van der Waals surface area contributed by atoms with Gasteiger partial charge in [-0.2, -0.15) is 0 Å². The van der Waals surface area contributed by atoms with Gasteiger partial charge in [-0.05, 0) is 62.6 Å². The van der Waals surface area contributed by atoms with Crippen LogP contribution >= 0.6 is 0 Å². The molecule has 0 spiro atoms. The van der Waals surface area contributed by atoms with Crippen LogP contribution in [0.1, 0.15) is 36.2 Å². The molecule has 0 saturated carbocycles. The maximum absolute atomic E-state index is 4.54. The van der Waals surface area contributed by atoms with Crippen molar-refractivity contribution in [3.8, 4) is 0 Å². The minimum absolute atomic E-state index is 1.10. The summed E-state index contributed by atoms with van der Waals surface area (Å²) in [6, 6.07) is 6.54. The summed E-state index contributed by atoms with van der Waals surface area (Å²) in [7, 11) is 0. The molecule has 16 heavy (non-hydrogen) atoms. The second-order valence-corrected chi connectivity index (χ2v) is 4.03. The highest BCUT2D eigenvalue weighted by molar-refractivity contribution is 5.83. The number of aryl methyl sites for hydroxylation is 4. The highest BCUT2D eigenvalue weighted by Gasteiger charge is 2.02. The van der Waals surface area contributed by atoms with Gasteiger partial charge in [-0.25, -0.2) is 0 Å². The van der Waals surface area contributed by atoms with Crippen LogP contribution in [0.15, 0.2) is 18.2 Å². The summed E-state index contributed by atoms with van der Waals surface area (Å²) in [5.74, 6) is 0. The summed E-state index contributed by atoms with van der Waals surface area (Å²) in [4.78, 5) is 4.54. The molecule has 0 saturated heterocycles. The summed E-state index contributed by atoms with van der Waals surface area (Å²) in [6.07, 6.45) is 0. The summed E-state index contributed by atoms with van der Waals surface area (Å²) in [6.45, 7) is 12.5. The third-order valence-corrected chi connectivity index (χ3v) is 2.76. The molecule has 1 aromatic heterocycles. The fraction of sp³-hybridized carbons (Fsp3) is 0.400. The van der Waals surface area contributed by atoms with Gasteiger partial charge in [0, 0.05) is 11.1 Å². The zero-order valence-electron chi connectivity index (χ0n) is 11.2. The molecule has 0 aliphatic heterocycles. The van der Waals surface area contributed by atoms with Gasteiger partial charge in [-0.15, -0.1) is 0 Å². The second kappa shape index (κ2) is 5.11. The fourth-order valence-corrected chi connectivity index (χ4v) is 1.82. The Morgan fingerprint density at radius 1 is 0.750 bits per heavy atom. The molecule has 0 amide bonds. The van der Waals surface area contributed by atoms with Gasteiger partial charge in [0.1, 0.15) is 0 Å². The van der Waals surface area contributed by atoms with E-state index in [9.17, 15) is 0 Å². The van der Waals surface area contributed by atoms with E-state index >= 15 is 0 Å². The molecule has 0 bridgehead atoms. The molecular weight excluding hydrogens is 194 g/mol. The topological polar surface area (TPSA) is 12.9 Å².